The van der Waals surface area contributed by atoms with Crippen LogP contribution >= 0.6 is 0 Å². The number of carbonyl (C=O) groups excluding carboxylic acids is 1. The number of amides is 1. The molecule has 0 unspecified atom stereocenters. The molecular formula is C13H21N3O. The summed E-state index contributed by atoms with van der Waals surface area (Å²) >= 11 is 0. The summed E-state index contributed by atoms with van der Waals surface area (Å²) in [5.74, 6) is -0.0109. The second-order valence-corrected chi connectivity index (χ2v) is 5.15. The number of carbonyl (C=O) groups is 1. The molecule has 0 saturated carbocycles. The average molecular weight is 235 g/mol. The van der Waals surface area contributed by atoms with E-state index < -0.39 is 0 Å². The van der Waals surface area contributed by atoms with Gasteiger partial charge in [0.15, 0.2) is 0 Å². The summed E-state index contributed by atoms with van der Waals surface area (Å²) in [6.45, 7) is 8.83. The zero-order valence-electron chi connectivity index (χ0n) is 11.0. The molecule has 4 heteroatoms. The summed E-state index contributed by atoms with van der Waals surface area (Å²) in [4.78, 5) is 15.9. The summed E-state index contributed by atoms with van der Waals surface area (Å²) < 4.78 is 0. The Bertz CT molecular complexity index is 382. The fraction of sp³-hybridized carbons (Fsp3) is 0.538. The maximum atomic E-state index is 11.5. The minimum atomic E-state index is -0.0427. The first-order chi connectivity index (χ1) is 7.87. The van der Waals surface area contributed by atoms with E-state index in [1.54, 1.807) is 0 Å². The summed E-state index contributed by atoms with van der Waals surface area (Å²) in [6.07, 6.45) is 0. The van der Waals surface area contributed by atoms with Crippen molar-refractivity contribution >= 4 is 5.91 Å². The van der Waals surface area contributed by atoms with Crippen molar-refractivity contribution in [2.45, 2.75) is 39.8 Å². The summed E-state index contributed by atoms with van der Waals surface area (Å²) in [6, 6.07) is 5.79. The molecule has 0 fully saturated rings. The highest BCUT2D eigenvalue weighted by molar-refractivity contribution is 5.78. The van der Waals surface area contributed by atoms with Crippen molar-refractivity contribution in [2.75, 3.05) is 6.54 Å². The third-order valence-corrected chi connectivity index (χ3v) is 2.19. The minimum absolute atomic E-state index is 0.0109. The van der Waals surface area contributed by atoms with Crippen LogP contribution in [-0.2, 0) is 11.3 Å². The second-order valence-electron chi connectivity index (χ2n) is 5.15. The molecule has 0 spiro atoms. The Morgan fingerprint density at radius 2 is 2.06 bits per heavy atom. The molecule has 1 aromatic heterocycles. The number of aromatic nitrogens is 1. The molecule has 0 aliphatic carbocycles. The molecule has 17 heavy (non-hydrogen) atoms. The van der Waals surface area contributed by atoms with Gasteiger partial charge in [-0.3, -0.25) is 9.78 Å². The molecule has 2 N–H and O–H groups in total. The second kappa shape index (κ2) is 5.77. The number of hydrogen-bond acceptors (Lipinski definition) is 3. The van der Waals surface area contributed by atoms with Crippen LogP contribution in [0.1, 0.15) is 32.2 Å². The Morgan fingerprint density at radius 3 is 2.65 bits per heavy atom. The lowest BCUT2D eigenvalue weighted by atomic mass is 10.1. The SMILES string of the molecule is Cc1cccc(CNC(=O)CNC(C)(C)C)n1. The predicted octanol–water partition coefficient (Wildman–Crippen LogP) is 1.39. The van der Waals surface area contributed by atoms with Crippen LogP contribution in [0.25, 0.3) is 0 Å². The molecule has 94 valence electrons. The number of hydrogen-bond donors (Lipinski definition) is 2. The van der Waals surface area contributed by atoms with Crippen LogP contribution in [0.4, 0.5) is 0 Å². The number of pyridine rings is 1. The van der Waals surface area contributed by atoms with Crippen molar-refractivity contribution < 1.29 is 4.79 Å². The van der Waals surface area contributed by atoms with Crippen LogP contribution in [0, 0.1) is 6.92 Å². The zero-order valence-corrected chi connectivity index (χ0v) is 11.0. The lowest BCUT2D eigenvalue weighted by molar-refractivity contribution is -0.120. The maximum Gasteiger partial charge on any atom is 0.234 e. The van der Waals surface area contributed by atoms with Crippen molar-refractivity contribution in [3.8, 4) is 0 Å². The van der Waals surface area contributed by atoms with Crippen molar-refractivity contribution in [1.82, 2.24) is 15.6 Å². The first kappa shape index (κ1) is 13.6. The predicted molar refractivity (Wildman–Crippen MR) is 68.6 cm³/mol. The van der Waals surface area contributed by atoms with Gasteiger partial charge in [0.25, 0.3) is 0 Å². The first-order valence-corrected chi connectivity index (χ1v) is 5.81. The van der Waals surface area contributed by atoms with Gasteiger partial charge in [-0.2, -0.15) is 0 Å². The number of nitrogens with one attached hydrogen (secondary N) is 2. The molecule has 0 radical (unpaired) electrons. The van der Waals surface area contributed by atoms with Crippen molar-refractivity contribution in [3.63, 3.8) is 0 Å². The average Bonchev–Trinajstić information content (AvgIpc) is 2.23. The molecule has 1 amide bonds. The third kappa shape index (κ3) is 6.02. The largest absolute Gasteiger partial charge is 0.349 e. The van der Waals surface area contributed by atoms with Gasteiger partial charge < -0.3 is 10.6 Å². The highest BCUT2D eigenvalue weighted by Crippen LogP contribution is 1.98. The van der Waals surface area contributed by atoms with Gasteiger partial charge in [-0.05, 0) is 39.8 Å². The molecule has 1 heterocycles. The molecule has 0 atom stereocenters. The van der Waals surface area contributed by atoms with E-state index in [9.17, 15) is 4.79 Å². The van der Waals surface area contributed by atoms with Gasteiger partial charge in [0.05, 0.1) is 18.8 Å². The molecule has 1 rings (SSSR count). The highest BCUT2D eigenvalue weighted by Gasteiger charge is 2.10. The van der Waals surface area contributed by atoms with Crippen LogP contribution in [0.3, 0.4) is 0 Å². The number of aryl methyl sites for hydroxylation is 1. The van der Waals surface area contributed by atoms with E-state index in [4.69, 9.17) is 0 Å². The summed E-state index contributed by atoms with van der Waals surface area (Å²) in [7, 11) is 0. The standard InChI is InChI=1S/C13H21N3O/c1-10-6-5-7-11(16-10)8-14-12(17)9-15-13(2,3)4/h5-7,15H,8-9H2,1-4H3,(H,14,17). The Hall–Kier alpha value is -1.42. The van der Waals surface area contributed by atoms with Gasteiger partial charge in [0.2, 0.25) is 5.91 Å². The zero-order chi connectivity index (χ0) is 12.9. The number of rotatable bonds is 4. The molecular weight excluding hydrogens is 214 g/mol. The lowest BCUT2D eigenvalue weighted by Gasteiger charge is -2.19. The van der Waals surface area contributed by atoms with Gasteiger partial charge >= 0.3 is 0 Å². The van der Waals surface area contributed by atoms with Crippen LogP contribution in [0.2, 0.25) is 0 Å². The van der Waals surface area contributed by atoms with Crippen LogP contribution in [0.15, 0.2) is 18.2 Å². The van der Waals surface area contributed by atoms with E-state index in [0.29, 0.717) is 13.1 Å². The smallest absolute Gasteiger partial charge is 0.234 e. The van der Waals surface area contributed by atoms with Gasteiger partial charge in [-0.25, -0.2) is 0 Å². The van der Waals surface area contributed by atoms with Gasteiger partial charge in [-0.15, -0.1) is 0 Å². The van der Waals surface area contributed by atoms with Crippen LogP contribution in [-0.4, -0.2) is 23.0 Å². The molecule has 0 saturated heterocycles. The van der Waals surface area contributed by atoms with Crippen LogP contribution in [0.5, 0.6) is 0 Å². The van der Waals surface area contributed by atoms with E-state index >= 15 is 0 Å². The lowest BCUT2D eigenvalue weighted by Crippen LogP contribution is -2.43. The van der Waals surface area contributed by atoms with E-state index in [2.05, 4.69) is 15.6 Å². The Kier molecular flexibility index (Phi) is 4.63. The van der Waals surface area contributed by atoms with E-state index in [1.807, 2.05) is 45.9 Å². The normalized spacial score (nSPS) is 11.3. The maximum absolute atomic E-state index is 11.5. The molecule has 0 aliphatic heterocycles. The van der Waals surface area contributed by atoms with E-state index in [0.717, 1.165) is 11.4 Å². The Labute approximate surface area is 103 Å². The van der Waals surface area contributed by atoms with Gasteiger partial charge in [-0.1, -0.05) is 6.07 Å². The van der Waals surface area contributed by atoms with Gasteiger partial charge in [0.1, 0.15) is 0 Å². The molecule has 1 aromatic rings. The monoisotopic (exact) mass is 235 g/mol. The minimum Gasteiger partial charge on any atom is -0.349 e. The quantitative estimate of drug-likeness (QED) is 0.829. The van der Waals surface area contributed by atoms with Crippen LogP contribution < -0.4 is 10.6 Å². The molecule has 0 bridgehead atoms. The van der Waals surface area contributed by atoms with E-state index in [-0.39, 0.29) is 11.4 Å². The summed E-state index contributed by atoms with van der Waals surface area (Å²) in [5, 5.41) is 5.97. The fourth-order valence-corrected chi connectivity index (χ4v) is 1.30. The molecule has 0 aromatic carbocycles. The van der Waals surface area contributed by atoms with Crippen molar-refractivity contribution in [1.29, 1.82) is 0 Å². The molecule has 0 aliphatic rings. The third-order valence-electron chi connectivity index (χ3n) is 2.19. The summed E-state index contributed by atoms with van der Waals surface area (Å²) in [5.41, 5.74) is 1.80. The van der Waals surface area contributed by atoms with Crippen molar-refractivity contribution in [2.24, 2.45) is 0 Å². The van der Waals surface area contributed by atoms with Crippen molar-refractivity contribution in [3.05, 3.63) is 29.6 Å². The molecule has 4 nitrogen and oxygen atoms in total. The number of nitrogens with zero attached hydrogens (tertiary/aromatic N) is 1. The topological polar surface area (TPSA) is 54.0 Å². The first-order valence-electron chi connectivity index (χ1n) is 5.81. The highest BCUT2D eigenvalue weighted by atomic mass is 16.1. The Balaban J connectivity index is 2.33. The van der Waals surface area contributed by atoms with Gasteiger partial charge in [0, 0.05) is 11.2 Å². The Morgan fingerprint density at radius 1 is 1.35 bits per heavy atom. The van der Waals surface area contributed by atoms with E-state index in [1.165, 1.54) is 0 Å². The fourth-order valence-electron chi connectivity index (χ4n) is 1.30.